The molecule has 270 valence electrons. The summed E-state index contributed by atoms with van der Waals surface area (Å²) in [4.78, 5) is 0. The molecule has 0 fully saturated rings. The fraction of sp³-hybridized carbons (Fsp3) is 0. The molecule has 0 aliphatic rings. The molecule has 2 nitrogen and oxygen atoms in total. The SMILES string of the molecule is c1ccc(-n2c3ccccc3c3cccc(-c4cc(-c5ccc6ccc7ccccc7c6c5)cc(-c5cccc6c7ccccc7n(-c7ccccc7)c56)c4)c32)cc1. The van der Waals surface area contributed by atoms with E-state index in [-0.39, 0.29) is 0 Å². The second kappa shape index (κ2) is 12.9. The summed E-state index contributed by atoms with van der Waals surface area (Å²) in [5.74, 6) is 0. The zero-order valence-corrected chi connectivity index (χ0v) is 31.7. The summed E-state index contributed by atoms with van der Waals surface area (Å²) in [6.45, 7) is 0. The van der Waals surface area contributed by atoms with Crippen molar-refractivity contribution in [1.29, 1.82) is 0 Å². The van der Waals surface area contributed by atoms with Gasteiger partial charge in [-0.1, -0.05) is 158 Å². The molecular weight excluding hydrogens is 701 g/mol. The minimum Gasteiger partial charge on any atom is -0.309 e. The van der Waals surface area contributed by atoms with Crippen LogP contribution in [-0.2, 0) is 0 Å². The van der Waals surface area contributed by atoms with Crippen molar-refractivity contribution in [2.75, 3.05) is 0 Å². The van der Waals surface area contributed by atoms with Gasteiger partial charge >= 0.3 is 0 Å². The van der Waals surface area contributed by atoms with Crippen molar-refractivity contribution in [1.82, 2.24) is 9.13 Å². The van der Waals surface area contributed by atoms with E-state index in [1.807, 2.05) is 0 Å². The lowest BCUT2D eigenvalue weighted by Gasteiger charge is -2.16. The number of aromatic nitrogens is 2. The smallest absolute Gasteiger partial charge is 0.0619 e. The maximum Gasteiger partial charge on any atom is 0.0619 e. The van der Waals surface area contributed by atoms with Crippen molar-refractivity contribution in [3.05, 3.63) is 218 Å². The first-order valence-corrected chi connectivity index (χ1v) is 20.0. The summed E-state index contributed by atoms with van der Waals surface area (Å²) >= 11 is 0. The number of nitrogens with zero attached hydrogens (tertiary/aromatic N) is 2. The summed E-state index contributed by atoms with van der Waals surface area (Å²) in [7, 11) is 0. The van der Waals surface area contributed by atoms with Crippen molar-refractivity contribution < 1.29 is 0 Å². The van der Waals surface area contributed by atoms with Crippen LogP contribution < -0.4 is 0 Å². The standard InChI is InChI=1S/C56H36N2/c1-3-16-43(17-4-1)57-53-27-11-9-21-48(53)50-25-13-23-46(55(50)57)41-33-40(39-32-31-38-30-29-37-15-7-8-20-45(37)52(38)36-39)34-42(35-41)47-24-14-26-51-49-22-10-12-28-54(49)58(56(47)51)44-18-5-2-6-19-44/h1-36H. The largest absolute Gasteiger partial charge is 0.309 e. The van der Waals surface area contributed by atoms with Crippen LogP contribution in [0.25, 0.3) is 110 Å². The van der Waals surface area contributed by atoms with Crippen LogP contribution in [0.3, 0.4) is 0 Å². The van der Waals surface area contributed by atoms with Crippen LogP contribution >= 0.6 is 0 Å². The van der Waals surface area contributed by atoms with Crippen molar-refractivity contribution in [3.8, 4) is 44.8 Å². The molecule has 0 N–H and O–H groups in total. The average Bonchev–Trinajstić information content (AvgIpc) is 3.83. The molecule has 0 amide bonds. The number of benzene rings is 10. The zero-order chi connectivity index (χ0) is 38.2. The van der Waals surface area contributed by atoms with Crippen LogP contribution in [0.2, 0.25) is 0 Å². The fourth-order valence-electron chi connectivity index (χ4n) is 9.48. The molecule has 0 unspecified atom stereocenters. The number of para-hydroxylation sites is 6. The van der Waals surface area contributed by atoms with E-state index in [4.69, 9.17) is 0 Å². The Hall–Kier alpha value is -7.68. The van der Waals surface area contributed by atoms with Crippen LogP contribution in [0.1, 0.15) is 0 Å². The number of fused-ring (bicyclic) bond motifs is 9. The van der Waals surface area contributed by atoms with Gasteiger partial charge in [-0.05, 0) is 104 Å². The van der Waals surface area contributed by atoms with Gasteiger partial charge in [0.25, 0.3) is 0 Å². The molecule has 0 saturated heterocycles. The predicted octanol–water partition coefficient (Wildman–Crippen LogP) is 15.2. The molecule has 10 aromatic carbocycles. The van der Waals surface area contributed by atoms with E-state index in [9.17, 15) is 0 Å². The summed E-state index contributed by atoms with van der Waals surface area (Å²) in [5.41, 5.74) is 14.2. The monoisotopic (exact) mass is 736 g/mol. The Bertz CT molecular complexity index is 3380. The molecular formula is C56H36N2. The molecule has 0 atom stereocenters. The molecule has 0 radical (unpaired) electrons. The molecule has 2 heterocycles. The van der Waals surface area contributed by atoms with E-state index in [1.165, 1.54) is 98.5 Å². The highest BCUT2D eigenvalue weighted by Gasteiger charge is 2.20. The minimum atomic E-state index is 1.15. The third-order valence-electron chi connectivity index (χ3n) is 12.1. The number of hydrogen-bond acceptors (Lipinski definition) is 0. The summed E-state index contributed by atoms with van der Waals surface area (Å²) < 4.78 is 4.89. The van der Waals surface area contributed by atoms with Gasteiger partial charge in [-0.2, -0.15) is 0 Å². The molecule has 0 bridgehead atoms. The first-order valence-electron chi connectivity index (χ1n) is 20.0. The van der Waals surface area contributed by atoms with Crippen LogP contribution in [-0.4, -0.2) is 9.13 Å². The van der Waals surface area contributed by atoms with E-state index < -0.39 is 0 Å². The number of hydrogen-bond donors (Lipinski definition) is 0. The Morgan fingerprint density at radius 1 is 0.241 bits per heavy atom. The molecule has 12 aromatic rings. The summed E-state index contributed by atoms with van der Waals surface area (Å²) in [6.07, 6.45) is 0. The third-order valence-corrected chi connectivity index (χ3v) is 12.1. The Labute approximate surface area is 336 Å². The van der Waals surface area contributed by atoms with E-state index in [2.05, 4.69) is 228 Å². The fourth-order valence-corrected chi connectivity index (χ4v) is 9.48. The molecule has 0 aliphatic carbocycles. The molecule has 0 saturated carbocycles. The van der Waals surface area contributed by atoms with Gasteiger partial charge in [0.1, 0.15) is 0 Å². The first-order chi connectivity index (χ1) is 28.8. The van der Waals surface area contributed by atoms with Crippen molar-refractivity contribution >= 4 is 65.2 Å². The van der Waals surface area contributed by atoms with Crippen LogP contribution in [0.4, 0.5) is 0 Å². The third kappa shape index (κ3) is 4.99. The zero-order valence-electron chi connectivity index (χ0n) is 31.7. The number of rotatable bonds is 5. The lowest BCUT2D eigenvalue weighted by Crippen LogP contribution is -1.97. The lowest BCUT2D eigenvalue weighted by atomic mass is 9.90. The quantitative estimate of drug-likeness (QED) is 0.156. The molecule has 2 aromatic heterocycles. The average molecular weight is 737 g/mol. The van der Waals surface area contributed by atoms with Crippen LogP contribution in [0.15, 0.2) is 218 Å². The van der Waals surface area contributed by atoms with E-state index in [0.29, 0.717) is 0 Å². The van der Waals surface area contributed by atoms with Gasteiger partial charge in [-0.25, -0.2) is 0 Å². The Balaban J connectivity index is 1.19. The maximum absolute atomic E-state index is 2.45. The highest BCUT2D eigenvalue weighted by atomic mass is 15.0. The molecule has 0 aliphatic heterocycles. The Kier molecular flexibility index (Phi) is 7.26. The van der Waals surface area contributed by atoms with Gasteiger partial charge in [-0.3, -0.25) is 0 Å². The Morgan fingerprint density at radius 2 is 0.672 bits per heavy atom. The highest BCUT2D eigenvalue weighted by molar-refractivity contribution is 6.16. The van der Waals surface area contributed by atoms with Crippen molar-refractivity contribution in [2.45, 2.75) is 0 Å². The molecule has 2 heteroatoms. The van der Waals surface area contributed by atoms with E-state index in [1.54, 1.807) is 0 Å². The molecule has 0 spiro atoms. The van der Waals surface area contributed by atoms with Crippen LogP contribution in [0, 0.1) is 0 Å². The normalized spacial score (nSPS) is 11.8. The topological polar surface area (TPSA) is 9.86 Å². The van der Waals surface area contributed by atoms with Gasteiger partial charge in [0, 0.05) is 44.0 Å². The molecule has 58 heavy (non-hydrogen) atoms. The van der Waals surface area contributed by atoms with Crippen molar-refractivity contribution in [3.63, 3.8) is 0 Å². The van der Waals surface area contributed by atoms with Gasteiger partial charge in [0.15, 0.2) is 0 Å². The van der Waals surface area contributed by atoms with E-state index >= 15 is 0 Å². The van der Waals surface area contributed by atoms with Gasteiger partial charge in [0.2, 0.25) is 0 Å². The van der Waals surface area contributed by atoms with Crippen LogP contribution in [0.5, 0.6) is 0 Å². The highest BCUT2D eigenvalue weighted by Crippen LogP contribution is 2.44. The summed E-state index contributed by atoms with van der Waals surface area (Å²) in [5, 5.41) is 10.0. The van der Waals surface area contributed by atoms with Gasteiger partial charge in [-0.15, -0.1) is 0 Å². The lowest BCUT2D eigenvalue weighted by molar-refractivity contribution is 1.18. The maximum atomic E-state index is 2.45. The van der Waals surface area contributed by atoms with Gasteiger partial charge in [0.05, 0.1) is 22.1 Å². The van der Waals surface area contributed by atoms with Crippen molar-refractivity contribution in [2.24, 2.45) is 0 Å². The second-order valence-corrected chi connectivity index (χ2v) is 15.3. The summed E-state index contributed by atoms with van der Waals surface area (Å²) in [6, 6.07) is 80.2. The Morgan fingerprint density at radius 3 is 1.24 bits per heavy atom. The minimum absolute atomic E-state index is 1.15. The first kappa shape index (κ1) is 32.6. The van der Waals surface area contributed by atoms with E-state index in [0.717, 1.165) is 11.4 Å². The predicted molar refractivity (Wildman–Crippen MR) is 246 cm³/mol. The molecule has 12 rings (SSSR count). The second-order valence-electron chi connectivity index (χ2n) is 15.3. The van der Waals surface area contributed by atoms with Gasteiger partial charge < -0.3 is 9.13 Å².